The number of nitrogens with zero attached hydrogens (tertiary/aromatic N) is 1. The number of pyridine rings is 1. The Morgan fingerprint density at radius 1 is 1.08 bits per heavy atom. The molecule has 1 heterocycles. The van der Waals surface area contributed by atoms with Crippen LogP contribution in [0.2, 0.25) is 5.02 Å². The predicted octanol–water partition coefficient (Wildman–Crippen LogP) is 3.79. The number of sulfone groups is 1. The molecule has 0 saturated carbocycles. The van der Waals surface area contributed by atoms with Crippen LogP contribution in [0.3, 0.4) is 0 Å². The second kappa shape index (κ2) is 7.61. The standard InChI is InChI=1S/C12H13ClN2O.C7H8O2S/c1-12(2,16)11-9(14)6-7-5-8(13)3-4-10(7)15-11;1-10(8,9)7-5-3-2-4-6-7/h3-6,16H,14H2,1-2H3;2-6H,1H3. The SMILES string of the molecule is CC(C)(O)c1nc2ccc(Cl)cc2cc1N.CS(=O)(=O)c1ccccc1. The van der Waals surface area contributed by atoms with Crippen molar-refractivity contribution in [3.8, 4) is 0 Å². The third kappa shape index (κ3) is 5.17. The van der Waals surface area contributed by atoms with Crippen molar-refractivity contribution in [2.24, 2.45) is 0 Å². The molecule has 0 spiro atoms. The molecule has 0 aliphatic heterocycles. The Labute approximate surface area is 158 Å². The van der Waals surface area contributed by atoms with Gasteiger partial charge in [-0.05, 0) is 50.2 Å². The van der Waals surface area contributed by atoms with E-state index in [1.807, 2.05) is 6.07 Å². The van der Waals surface area contributed by atoms with Gasteiger partial charge in [0.2, 0.25) is 0 Å². The first-order valence-corrected chi connectivity index (χ1v) is 10.1. The number of nitrogens with two attached hydrogens (primary N) is 1. The summed E-state index contributed by atoms with van der Waals surface area (Å²) in [6.45, 7) is 3.32. The summed E-state index contributed by atoms with van der Waals surface area (Å²) in [7, 11) is -3.00. The maximum atomic E-state index is 10.8. The number of rotatable bonds is 2. The minimum atomic E-state index is -3.00. The summed E-state index contributed by atoms with van der Waals surface area (Å²) in [6, 6.07) is 15.5. The van der Waals surface area contributed by atoms with Gasteiger partial charge < -0.3 is 10.8 Å². The van der Waals surface area contributed by atoms with Crippen LogP contribution in [0, 0.1) is 0 Å². The van der Waals surface area contributed by atoms with Gasteiger partial charge in [-0.2, -0.15) is 0 Å². The number of hydrogen-bond acceptors (Lipinski definition) is 5. The Hall–Kier alpha value is -2.15. The molecule has 0 atom stereocenters. The van der Waals surface area contributed by atoms with Gasteiger partial charge in [-0.3, -0.25) is 0 Å². The Morgan fingerprint density at radius 3 is 2.19 bits per heavy atom. The summed E-state index contributed by atoms with van der Waals surface area (Å²) in [5.74, 6) is 0. The summed E-state index contributed by atoms with van der Waals surface area (Å²) in [6.07, 6.45) is 1.20. The topological polar surface area (TPSA) is 93.3 Å². The van der Waals surface area contributed by atoms with Gasteiger partial charge in [0, 0.05) is 16.7 Å². The summed E-state index contributed by atoms with van der Waals surface area (Å²) >= 11 is 5.88. The maximum absolute atomic E-state index is 10.8. The molecular formula is C19H21ClN2O3S. The van der Waals surface area contributed by atoms with Crippen molar-refractivity contribution in [2.75, 3.05) is 12.0 Å². The fraction of sp³-hybridized carbons (Fsp3) is 0.211. The fourth-order valence-electron chi connectivity index (χ4n) is 2.32. The molecule has 0 fully saturated rings. The highest BCUT2D eigenvalue weighted by molar-refractivity contribution is 7.90. The van der Waals surface area contributed by atoms with Crippen LogP contribution in [0.25, 0.3) is 10.9 Å². The van der Waals surface area contributed by atoms with Crippen LogP contribution < -0.4 is 5.73 Å². The van der Waals surface area contributed by atoms with Crippen LogP contribution in [0.5, 0.6) is 0 Å². The number of halogens is 1. The highest BCUT2D eigenvalue weighted by atomic mass is 35.5. The highest BCUT2D eigenvalue weighted by Crippen LogP contribution is 2.28. The van der Waals surface area contributed by atoms with Gasteiger partial charge in [0.05, 0.1) is 21.8 Å². The van der Waals surface area contributed by atoms with Crippen LogP contribution in [-0.4, -0.2) is 24.8 Å². The molecule has 2 aromatic carbocycles. The second-order valence-corrected chi connectivity index (χ2v) is 8.86. The zero-order chi connectivity index (χ0) is 19.5. The van der Waals surface area contributed by atoms with Gasteiger partial charge >= 0.3 is 0 Å². The number of fused-ring (bicyclic) bond motifs is 1. The van der Waals surface area contributed by atoms with E-state index in [2.05, 4.69) is 4.98 Å². The van der Waals surface area contributed by atoms with Crippen molar-refractivity contribution in [1.82, 2.24) is 4.98 Å². The smallest absolute Gasteiger partial charge is 0.175 e. The van der Waals surface area contributed by atoms with E-state index in [4.69, 9.17) is 17.3 Å². The fourth-order valence-corrected chi connectivity index (χ4v) is 3.15. The first-order chi connectivity index (χ1) is 12.0. The van der Waals surface area contributed by atoms with Gasteiger partial charge in [0.25, 0.3) is 0 Å². The Balaban J connectivity index is 0.000000209. The minimum Gasteiger partial charge on any atom is -0.397 e. The summed E-state index contributed by atoms with van der Waals surface area (Å²) in [4.78, 5) is 4.72. The second-order valence-electron chi connectivity index (χ2n) is 6.41. The molecule has 3 N–H and O–H groups in total. The third-order valence-corrected chi connectivity index (χ3v) is 4.92. The van der Waals surface area contributed by atoms with Crippen molar-refractivity contribution in [1.29, 1.82) is 0 Å². The van der Waals surface area contributed by atoms with Crippen molar-refractivity contribution < 1.29 is 13.5 Å². The summed E-state index contributed by atoms with van der Waals surface area (Å²) in [5.41, 5.74) is 6.55. The first-order valence-electron chi connectivity index (χ1n) is 7.82. The predicted molar refractivity (Wildman–Crippen MR) is 106 cm³/mol. The van der Waals surface area contributed by atoms with Crippen LogP contribution in [0.4, 0.5) is 5.69 Å². The number of aromatic nitrogens is 1. The Kier molecular flexibility index (Phi) is 5.91. The molecule has 0 radical (unpaired) electrons. The zero-order valence-corrected chi connectivity index (χ0v) is 16.3. The van der Waals surface area contributed by atoms with Gasteiger partial charge in [-0.1, -0.05) is 29.8 Å². The maximum Gasteiger partial charge on any atom is 0.175 e. The summed E-state index contributed by atoms with van der Waals surface area (Å²) < 4.78 is 21.7. The number of aliphatic hydroxyl groups is 1. The number of hydrogen-bond donors (Lipinski definition) is 2. The Bertz CT molecular complexity index is 1010. The van der Waals surface area contributed by atoms with E-state index in [1.165, 1.54) is 6.26 Å². The van der Waals surface area contributed by atoms with Crippen LogP contribution in [0.15, 0.2) is 59.5 Å². The molecule has 3 aromatic rings. The first kappa shape index (κ1) is 20.2. The molecule has 0 bridgehead atoms. The summed E-state index contributed by atoms with van der Waals surface area (Å²) in [5, 5.41) is 11.4. The zero-order valence-electron chi connectivity index (χ0n) is 14.8. The molecular weight excluding hydrogens is 372 g/mol. The van der Waals surface area contributed by atoms with Gasteiger partial charge in [-0.25, -0.2) is 13.4 Å². The molecule has 0 aliphatic rings. The Morgan fingerprint density at radius 2 is 1.69 bits per heavy atom. The number of nitrogen functional groups attached to an aromatic ring is 1. The average Bonchev–Trinajstić information content (AvgIpc) is 2.53. The lowest BCUT2D eigenvalue weighted by Crippen LogP contribution is -2.19. The lowest BCUT2D eigenvalue weighted by Gasteiger charge is -2.19. The van der Waals surface area contributed by atoms with Crippen molar-refractivity contribution in [2.45, 2.75) is 24.3 Å². The van der Waals surface area contributed by atoms with Crippen LogP contribution >= 0.6 is 11.6 Å². The average molecular weight is 393 g/mol. The molecule has 138 valence electrons. The molecule has 0 amide bonds. The molecule has 0 saturated heterocycles. The molecule has 7 heteroatoms. The molecule has 26 heavy (non-hydrogen) atoms. The monoisotopic (exact) mass is 392 g/mol. The van der Waals surface area contributed by atoms with Crippen molar-refractivity contribution >= 4 is 38.0 Å². The van der Waals surface area contributed by atoms with Crippen molar-refractivity contribution in [3.05, 3.63) is 65.3 Å². The molecule has 3 rings (SSSR count). The minimum absolute atomic E-state index is 0.370. The van der Waals surface area contributed by atoms with Gasteiger partial charge in [-0.15, -0.1) is 0 Å². The molecule has 1 aromatic heterocycles. The normalized spacial score (nSPS) is 11.7. The third-order valence-electron chi connectivity index (χ3n) is 3.56. The molecule has 0 unspecified atom stereocenters. The highest BCUT2D eigenvalue weighted by Gasteiger charge is 2.21. The lowest BCUT2D eigenvalue weighted by molar-refractivity contribution is 0.0751. The molecule has 0 aliphatic carbocycles. The van der Waals surface area contributed by atoms with E-state index >= 15 is 0 Å². The number of benzene rings is 2. The quantitative estimate of drug-likeness (QED) is 0.692. The van der Waals surface area contributed by atoms with E-state index in [0.29, 0.717) is 21.3 Å². The van der Waals surface area contributed by atoms with E-state index in [-0.39, 0.29) is 0 Å². The van der Waals surface area contributed by atoms with Crippen LogP contribution in [-0.2, 0) is 15.4 Å². The van der Waals surface area contributed by atoms with Crippen molar-refractivity contribution in [3.63, 3.8) is 0 Å². The van der Waals surface area contributed by atoms with Crippen LogP contribution in [0.1, 0.15) is 19.5 Å². The lowest BCUT2D eigenvalue weighted by atomic mass is 10.0. The van der Waals surface area contributed by atoms with E-state index < -0.39 is 15.4 Å². The van der Waals surface area contributed by atoms with Gasteiger partial charge in [0.15, 0.2) is 9.84 Å². The van der Waals surface area contributed by atoms with E-state index in [1.54, 1.807) is 62.4 Å². The molecule has 5 nitrogen and oxygen atoms in total. The van der Waals surface area contributed by atoms with E-state index in [9.17, 15) is 13.5 Å². The number of anilines is 1. The van der Waals surface area contributed by atoms with E-state index in [0.717, 1.165) is 10.9 Å². The van der Waals surface area contributed by atoms with Gasteiger partial charge in [0.1, 0.15) is 5.60 Å². The largest absolute Gasteiger partial charge is 0.397 e.